The molecule has 0 amide bonds. The SMILES string of the molecule is CC(=O)OC(C)c1ccc(C)s1. The fourth-order valence-corrected chi connectivity index (χ4v) is 1.84. The molecular weight excluding hydrogens is 172 g/mol. The van der Waals surface area contributed by atoms with Gasteiger partial charge < -0.3 is 4.74 Å². The number of esters is 1. The predicted molar refractivity (Wildman–Crippen MR) is 49.2 cm³/mol. The van der Waals surface area contributed by atoms with E-state index in [0.717, 1.165) is 4.88 Å². The van der Waals surface area contributed by atoms with E-state index in [1.54, 1.807) is 11.3 Å². The number of rotatable bonds is 2. The number of carbonyl (C=O) groups is 1. The first-order valence-corrected chi connectivity index (χ1v) is 4.65. The number of hydrogen-bond acceptors (Lipinski definition) is 3. The van der Waals surface area contributed by atoms with Crippen molar-refractivity contribution >= 4 is 17.3 Å². The first-order chi connectivity index (χ1) is 5.59. The van der Waals surface area contributed by atoms with Crippen LogP contribution in [0.25, 0.3) is 0 Å². The Hall–Kier alpha value is -0.830. The van der Waals surface area contributed by atoms with Crippen LogP contribution < -0.4 is 0 Å². The van der Waals surface area contributed by atoms with Gasteiger partial charge in [0.25, 0.3) is 0 Å². The van der Waals surface area contributed by atoms with Gasteiger partial charge in [0.2, 0.25) is 0 Å². The summed E-state index contributed by atoms with van der Waals surface area (Å²) >= 11 is 1.66. The Balaban J connectivity index is 2.64. The molecule has 0 fully saturated rings. The molecule has 1 heterocycles. The first kappa shape index (κ1) is 9.26. The summed E-state index contributed by atoms with van der Waals surface area (Å²) in [5, 5.41) is 0. The van der Waals surface area contributed by atoms with Crippen LogP contribution in [0, 0.1) is 6.92 Å². The van der Waals surface area contributed by atoms with Crippen molar-refractivity contribution in [2.24, 2.45) is 0 Å². The number of aryl methyl sites for hydroxylation is 1. The molecule has 0 saturated heterocycles. The Morgan fingerprint density at radius 3 is 2.67 bits per heavy atom. The van der Waals surface area contributed by atoms with E-state index in [9.17, 15) is 4.79 Å². The maximum absolute atomic E-state index is 10.6. The fourth-order valence-electron chi connectivity index (χ4n) is 0.979. The van der Waals surface area contributed by atoms with Gasteiger partial charge in [-0.1, -0.05) is 0 Å². The lowest BCUT2D eigenvalue weighted by atomic mass is 10.3. The summed E-state index contributed by atoms with van der Waals surface area (Å²) in [6.45, 7) is 5.35. The molecule has 0 aliphatic carbocycles. The monoisotopic (exact) mass is 184 g/mol. The van der Waals surface area contributed by atoms with Crippen LogP contribution >= 0.6 is 11.3 Å². The smallest absolute Gasteiger partial charge is 0.303 e. The Bertz CT molecular complexity index is 278. The maximum Gasteiger partial charge on any atom is 0.303 e. The zero-order valence-corrected chi connectivity index (χ0v) is 8.27. The third kappa shape index (κ3) is 2.34. The van der Waals surface area contributed by atoms with Crippen molar-refractivity contribution in [1.82, 2.24) is 0 Å². The minimum atomic E-state index is -0.228. The Kier molecular flexibility index (Phi) is 2.87. The second kappa shape index (κ2) is 3.72. The van der Waals surface area contributed by atoms with E-state index in [-0.39, 0.29) is 12.1 Å². The molecule has 0 bridgehead atoms. The normalized spacial score (nSPS) is 12.6. The Morgan fingerprint density at radius 1 is 1.58 bits per heavy atom. The van der Waals surface area contributed by atoms with Crippen LogP contribution in [0.4, 0.5) is 0 Å². The molecule has 1 rings (SSSR count). The van der Waals surface area contributed by atoms with E-state index in [4.69, 9.17) is 4.74 Å². The van der Waals surface area contributed by atoms with Crippen LogP contribution in [-0.4, -0.2) is 5.97 Å². The molecule has 3 heteroatoms. The van der Waals surface area contributed by atoms with Gasteiger partial charge in [-0.2, -0.15) is 0 Å². The molecule has 1 atom stereocenters. The lowest BCUT2D eigenvalue weighted by Gasteiger charge is -2.08. The predicted octanol–water partition coefficient (Wildman–Crippen LogP) is 2.68. The summed E-state index contributed by atoms with van der Waals surface area (Å²) < 4.78 is 5.02. The standard InChI is InChI=1S/C9H12O2S/c1-6-4-5-9(12-6)7(2)11-8(3)10/h4-5,7H,1-3H3. The van der Waals surface area contributed by atoms with Gasteiger partial charge in [-0.25, -0.2) is 0 Å². The van der Waals surface area contributed by atoms with E-state index in [2.05, 4.69) is 0 Å². The summed E-state index contributed by atoms with van der Waals surface area (Å²) in [5.74, 6) is -0.228. The number of thiophene rings is 1. The highest BCUT2D eigenvalue weighted by atomic mass is 32.1. The molecule has 1 aromatic rings. The average molecular weight is 184 g/mol. The van der Waals surface area contributed by atoms with E-state index in [0.29, 0.717) is 0 Å². The van der Waals surface area contributed by atoms with Gasteiger partial charge in [0.1, 0.15) is 6.10 Å². The molecule has 1 aromatic heterocycles. The molecule has 2 nitrogen and oxygen atoms in total. The van der Waals surface area contributed by atoms with Crippen molar-refractivity contribution < 1.29 is 9.53 Å². The Labute approximate surface area is 76.2 Å². The van der Waals surface area contributed by atoms with Crippen LogP contribution in [0.2, 0.25) is 0 Å². The molecule has 0 aliphatic rings. The molecule has 1 unspecified atom stereocenters. The van der Waals surface area contributed by atoms with Gasteiger partial charge >= 0.3 is 5.97 Å². The highest BCUT2D eigenvalue weighted by molar-refractivity contribution is 7.12. The number of hydrogen-bond donors (Lipinski definition) is 0. The van der Waals surface area contributed by atoms with E-state index in [1.165, 1.54) is 11.8 Å². The molecule has 0 N–H and O–H groups in total. The van der Waals surface area contributed by atoms with Crippen LogP contribution in [0.3, 0.4) is 0 Å². The third-order valence-corrected chi connectivity index (χ3v) is 2.67. The molecule has 0 radical (unpaired) electrons. The minimum Gasteiger partial charge on any atom is -0.457 e. The summed E-state index contributed by atoms with van der Waals surface area (Å²) in [4.78, 5) is 13.0. The largest absolute Gasteiger partial charge is 0.457 e. The Morgan fingerprint density at radius 2 is 2.25 bits per heavy atom. The molecule has 0 saturated carbocycles. The third-order valence-electron chi connectivity index (χ3n) is 1.50. The van der Waals surface area contributed by atoms with Crippen LogP contribution in [0.1, 0.15) is 29.7 Å². The second-order valence-corrected chi connectivity index (χ2v) is 4.02. The van der Waals surface area contributed by atoms with Gasteiger partial charge in [0, 0.05) is 16.7 Å². The molecule has 0 aromatic carbocycles. The number of ether oxygens (including phenoxy) is 1. The van der Waals surface area contributed by atoms with Gasteiger partial charge in [0.05, 0.1) is 0 Å². The average Bonchev–Trinajstić information content (AvgIpc) is 2.34. The zero-order valence-electron chi connectivity index (χ0n) is 7.46. The molecule has 0 spiro atoms. The minimum absolute atomic E-state index is 0.110. The topological polar surface area (TPSA) is 26.3 Å². The lowest BCUT2D eigenvalue weighted by Crippen LogP contribution is -2.02. The second-order valence-electron chi connectivity index (χ2n) is 2.70. The molecule has 12 heavy (non-hydrogen) atoms. The van der Waals surface area contributed by atoms with Crippen LogP contribution in [0.5, 0.6) is 0 Å². The van der Waals surface area contributed by atoms with Crippen molar-refractivity contribution in [1.29, 1.82) is 0 Å². The van der Waals surface area contributed by atoms with Crippen LogP contribution in [-0.2, 0) is 9.53 Å². The van der Waals surface area contributed by atoms with Gasteiger partial charge in [-0.05, 0) is 26.0 Å². The lowest BCUT2D eigenvalue weighted by molar-refractivity contribution is -0.145. The van der Waals surface area contributed by atoms with Gasteiger partial charge in [-0.15, -0.1) is 11.3 Å². The summed E-state index contributed by atoms with van der Waals surface area (Å²) in [5.41, 5.74) is 0. The highest BCUT2D eigenvalue weighted by Gasteiger charge is 2.09. The quantitative estimate of drug-likeness (QED) is 0.660. The van der Waals surface area contributed by atoms with Crippen molar-refractivity contribution in [2.45, 2.75) is 26.9 Å². The van der Waals surface area contributed by atoms with Gasteiger partial charge in [-0.3, -0.25) is 4.79 Å². The van der Waals surface area contributed by atoms with Crippen molar-refractivity contribution in [3.05, 3.63) is 21.9 Å². The summed E-state index contributed by atoms with van der Waals surface area (Å²) in [6, 6.07) is 4.02. The highest BCUT2D eigenvalue weighted by Crippen LogP contribution is 2.24. The number of carbonyl (C=O) groups excluding carboxylic acids is 1. The molecule has 0 aliphatic heterocycles. The summed E-state index contributed by atoms with van der Waals surface area (Å²) in [7, 11) is 0. The van der Waals surface area contributed by atoms with E-state index in [1.807, 2.05) is 26.0 Å². The van der Waals surface area contributed by atoms with E-state index < -0.39 is 0 Å². The first-order valence-electron chi connectivity index (χ1n) is 3.83. The van der Waals surface area contributed by atoms with Gasteiger partial charge in [0.15, 0.2) is 0 Å². The maximum atomic E-state index is 10.6. The van der Waals surface area contributed by atoms with E-state index >= 15 is 0 Å². The fraction of sp³-hybridized carbons (Fsp3) is 0.444. The van der Waals surface area contributed by atoms with Crippen molar-refractivity contribution in [3.8, 4) is 0 Å². The molecule has 66 valence electrons. The summed E-state index contributed by atoms with van der Waals surface area (Å²) in [6.07, 6.45) is -0.110. The van der Waals surface area contributed by atoms with Crippen LogP contribution in [0.15, 0.2) is 12.1 Å². The zero-order chi connectivity index (χ0) is 9.14. The van der Waals surface area contributed by atoms with Crippen molar-refractivity contribution in [3.63, 3.8) is 0 Å². The van der Waals surface area contributed by atoms with Crippen molar-refractivity contribution in [2.75, 3.05) is 0 Å². The molecular formula is C9H12O2S.